The Hall–Kier alpha value is -1.62. The first-order chi connectivity index (χ1) is 8.70. The lowest BCUT2D eigenvalue weighted by Gasteiger charge is -2.14. The molecule has 0 aliphatic carbocycles. The molecular weight excluding hydrogens is 230 g/mol. The molecule has 1 aromatic carbocycles. The van der Waals surface area contributed by atoms with Crippen molar-refractivity contribution in [3.05, 3.63) is 34.4 Å². The van der Waals surface area contributed by atoms with Gasteiger partial charge in [-0.2, -0.15) is 0 Å². The highest BCUT2D eigenvalue weighted by Gasteiger charge is 2.21. The van der Waals surface area contributed by atoms with Crippen molar-refractivity contribution in [2.45, 2.75) is 13.3 Å². The maximum absolute atomic E-state index is 10.9. The lowest BCUT2D eigenvalue weighted by atomic mass is 10.1. The fourth-order valence-electron chi connectivity index (χ4n) is 2.40. The number of hydrogen-bond acceptors (Lipinski definition) is 4. The zero-order valence-corrected chi connectivity index (χ0v) is 10.6. The molecule has 5 nitrogen and oxygen atoms in total. The first kappa shape index (κ1) is 12.8. The van der Waals surface area contributed by atoms with E-state index in [9.17, 15) is 10.1 Å². The Morgan fingerprint density at radius 3 is 2.94 bits per heavy atom. The number of nitro benzene ring substituents is 1. The summed E-state index contributed by atoms with van der Waals surface area (Å²) in [5.74, 6) is 0.588. The van der Waals surface area contributed by atoms with Crippen LogP contribution in [0.25, 0.3) is 0 Å². The molecule has 1 heterocycles. The first-order valence-corrected chi connectivity index (χ1v) is 6.40. The highest BCUT2D eigenvalue weighted by Crippen LogP contribution is 2.24. The quantitative estimate of drug-likeness (QED) is 0.643. The molecule has 1 N–H and O–H groups in total. The van der Waals surface area contributed by atoms with Gasteiger partial charge in [-0.05, 0) is 31.5 Å². The number of nitrogens with one attached hydrogen (secondary N) is 1. The van der Waals surface area contributed by atoms with Gasteiger partial charge < -0.3 is 10.2 Å². The van der Waals surface area contributed by atoms with Crippen LogP contribution in [0.15, 0.2) is 24.3 Å². The molecule has 0 spiro atoms. The van der Waals surface area contributed by atoms with Gasteiger partial charge in [0.2, 0.25) is 0 Å². The van der Waals surface area contributed by atoms with E-state index in [-0.39, 0.29) is 10.6 Å². The van der Waals surface area contributed by atoms with Crippen molar-refractivity contribution in [2.24, 2.45) is 5.92 Å². The van der Waals surface area contributed by atoms with Crippen molar-refractivity contribution in [1.29, 1.82) is 0 Å². The van der Waals surface area contributed by atoms with Crippen LogP contribution in [0.1, 0.15) is 13.3 Å². The van der Waals surface area contributed by atoms with E-state index in [1.807, 2.05) is 6.07 Å². The Bertz CT molecular complexity index is 422. The minimum atomic E-state index is -0.338. The number of para-hydroxylation sites is 2. The van der Waals surface area contributed by atoms with Crippen molar-refractivity contribution in [2.75, 3.05) is 31.5 Å². The molecule has 98 valence electrons. The summed E-state index contributed by atoms with van der Waals surface area (Å²) in [6.07, 6.45) is 1.17. The normalized spacial score (nSPS) is 19.9. The van der Waals surface area contributed by atoms with Crippen LogP contribution in [0.4, 0.5) is 11.4 Å². The smallest absolute Gasteiger partial charge is 0.292 e. The Kier molecular flexibility index (Phi) is 4.15. The number of anilines is 1. The van der Waals surface area contributed by atoms with Gasteiger partial charge in [0, 0.05) is 19.2 Å². The summed E-state index contributed by atoms with van der Waals surface area (Å²) in [6.45, 7) is 6.28. The van der Waals surface area contributed by atoms with Crippen LogP contribution in [-0.2, 0) is 0 Å². The molecule has 18 heavy (non-hydrogen) atoms. The third-order valence-corrected chi connectivity index (χ3v) is 3.50. The van der Waals surface area contributed by atoms with Gasteiger partial charge in [-0.25, -0.2) is 0 Å². The predicted octanol–water partition coefficient (Wildman–Crippen LogP) is 2.35. The zero-order valence-electron chi connectivity index (χ0n) is 10.6. The number of hydrogen-bond donors (Lipinski definition) is 1. The highest BCUT2D eigenvalue weighted by molar-refractivity contribution is 5.61. The molecule has 1 aromatic rings. The number of nitrogens with zero attached hydrogens (tertiary/aromatic N) is 2. The maximum atomic E-state index is 10.9. The second kappa shape index (κ2) is 5.82. The van der Waals surface area contributed by atoms with Crippen molar-refractivity contribution in [3.63, 3.8) is 0 Å². The van der Waals surface area contributed by atoms with Crippen molar-refractivity contribution in [1.82, 2.24) is 4.90 Å². The number of benzene rings is 1. The average Bonchev–Trinajstić information content (AvgIpc) is 2.84. The molecule has 1 saturated heterocycles. The van der Waals surface area contributed by atoms with Gasteiger partial charge in [0.05, 0.1) is 4.92 Å². The van der Waals surface area contributed by atoms with E-state index in [1.54, 1.807) is 12.1 Å². The summed E-state index contributed by atoms with van der Waals surface area (Å²) in [4.78, 5) is 12.9. The topological polar surface area (TPSA) is 58.4 Å². The molecule has 0 saturated carbocycles. The van der Waals surface area contributed by atoms with Crippen molar-refractivity contribution < 1.29 is 4.92 Å². The molecule has 1 aliphatic heterocycles. The summed E-state index contributed by atoms with van der Waals surface area (Å²) in [7, 11) is 0. The monoisotopic (exact) mass is 249 g/mol. The molecule has 1 aliphatic rings. The Labute approximate surface area is 107 Å². The number of likely N-dealkylation sites (tertiary alicyclic amines) is 1. The van der Waals surface area contributed by atoms with Gasteiger partial charge in [0.25, 0.3) is 5.69 Å². The van der Waals surface area contributed by atoms with E-state index < -0.39 is 0 Å². The van der Waals surface area contributed by atoms with Crippen LogP contribution >= 0.6 is 0 Å². The second-order valence-electron chi connectivity index (χ2n) is 4.70. The van der Waals surface area contributed by atoms with Gasteiger partial charge >= 0.3 is 0 Å². The molecular formula is C13H19N3O2. The molecule has 0 amide bonds. The third-order valence-electron chi connectivity index (χ3n) is 3.50. The van der Waals surface area contributed by atoms with E-state index in [2.05, 4.69) is 17.1 Å². The summed E-state index contributed by atoms with van der Waals surface area (Å²) < 4.78 is 0. The molecule has 5 heteroatoms. The SMILES string of the molecule is CCN1CCC(CNc2ccccc2[N+](=O)[O-])C1. The van der Waals surface area contributed by atoms with Gasteiger partial charge in [0.15, 0.2) is 0 Å². The van der Waals surface area contributed by atoms with Crippen LogP contribution in [0, 0.1) is 16.0 Å². The van der Waals surface area contributed by atoms with Gasteiger partial charge in [-0.1, -0.05) is 19.1 Å². The molecule has 1 fully saturated rings. The average molecular weight is 249 g/mol. The van der Waals surface area contributed by atoms with E-state index in [0.717, 1.165) is 26.2 Å². The van der Waals surface area contributed by atoms with Gasteiger partial charge in [0.1, 0.15) is 5.69 Å². The van der Waals surface area contributed by atoms with Crippen molar-refractivity contribution in [3.8, 4) is 0 Å². The molecule has 1 unspecified atom stereocenters. The fraction of sp³-hybridized carbons (Fsp3) is 0.538. The number of rotatable bonds is 5. The van der Waals surface area contributed by atoms with Gasteiger partial charge in [-0.15, -0.1) is 0 Å². The summed E-state index contributed by atoms with van der Waals surface area (Å²) >= 11 is 0. The second-order valence-corrected chi connectivity index (χ2v) is 4.70. The van der Waals surface area contributed by atoms with Crippen molar-refractivity contribution >= 4 is 11.4 Å². The molecule has 0 radical (unpaired) electrons. The Morgan fingerprint density at radius 1 is 1.50 bits per heavy atom. The van der Waals surface area contributed by atoms with E-state index in [4.69, 9.17) is 0 Å². The Morgan fingerprint density at radius 2 is 2.28 bits per heavy atom. The number of nitro groups is 1. The summed E-state index contributed by atoms with van der Waals surface area (Å²) in [5.41, 5.74) is 0.778. The lowest BCUT2D eigenvalue weighted by molar-refractivity contribution is -0.384. The molecule has 0 aromatic heterocycles. The fourth-order valence-corrected chi connectivity index (χ4v) is 2.40. The lowest BCUT2D eigenvalue weighted by Crippen LogP contribution is -2.22. The highest BCUT2D eigenvalue weighted by atomic mass is 16.6. The van der Waals surface area contributed by atoms with Crippen LogP contribution in [0.5, 0.6) is 0 Å². The molecule has 0 bridgehead atoms. The third kappa shape index (κ3) is 2.98. The minimum Gasteiger partial charge on any atom is -0.379 e. The van der Waals surface area contributed by atoms with Crippen LogP contribution in [-0.4, -0.2) is 36.0 Å². The van der Waals surface area contributed by atoms with Crippen LogP contribution < -0.4 is 5.32 Å². The Balaban J connectivity index is 1.92. The summed E-state index contributed by atoms with van der Waals surface area (Å²) in [6, 6.07) is 6.82. The van der Waals surface area contributed by atoms with E-state index >= 15 is 0 Å². The molecule has 2 rings (SSSR count). The van der Waals surface area contributed by atoms with E-state index in [1.165, 1.54) is 12.5 Å². The van der Waals surface area contributed by atoms with E-state index in [0.29, 0.717) is 11.6 Å². The van der Waals surface area contributed by atoms with Gasteiger partial charge in [-0.3, -0.25) is 10.1 Å². The standard InChI is InChI=1S/C13H19N3O2/c1-2-15-8-7-11(10-15)9-14-12-5-3-4-6-13(12)16(17)18/h3-6,11,14H,2,7-10H2,1H3. The molecule has 1 atom stereocenters. The van der Waals surface area contributed by atoms with Crippen LogP contribution in [0.2, 0.25) is 0 Å². The largest absolute Gasteiger partial charge is 0.379 e. The minimum absolute atomic E-state index is 0.155. The zero-order chi connectivity index (χ0) is 13.0. The predicted molar refractivity (Wildman–Crippen MR) is 71.8 cm³/mol. The maximum Gasteiger partial charge on any atom is 0.292 e. The van der Waals surface area contributed by atoms with Crippen LogP contribution in [0.3, 0.4) is 0 Å². The first-order valence-electron chi connectivity index (χ1n) is 6.40. The summed E-state index contributed by atoms with van der Waals surface area (Å²) in [5, 5.41) is 14.1.